The molecule has 0 unspecified atom stereocenters. The van der Waals surface area contributed by atoms with Crippen molar-refractivity contribution in [2.24, 2.45) is 27.6 Å². The zero-order valence-electron chi connectivity index (χ0n) is 15.8. The lowest BCUT2D eigenvalue weighted by Crippen LogP contribution is -2.30. The van der Waals surface area contributed by atoms with Gasteiger partial charge in [0.25, 0.3) is 0 Å². The van der Waals surface area contributed by atoms with Crippen LogP contribution in [0.1, 0.15) is 81.1 Å². The fourth-order valence-corrected chi connectivity index (χ4v) is 4.39. The number of aliphatic hydroxyl groups excluding tert-OH is 1. The molecule has 0 bridgehead atoms. The van der Waals surface area contributed by atoms with Gasteiger partial charge >= 0.3 is 0 Å². The lowest BCUT2D eigenvalue weighted by Gasteiger charge is -2.33. The first-order valence-electron chi connectivity index (χ1n) is 8.57. The van der Waals surface area contributed by atoms with Gasteiger partial charge in [0.2, 0.25) is 0 Å². The Hall–Kier alpha value is -0.300. The average Bonchev–Trinajstić information content (AvgIpc) is 2.65. The summed E-state index contributed by atoms with van der Waals surface area (Å²) in [7, 11) is 0. The first-order valence-corrected chi connectivity index (χ1v) is 8.57. The van der Waals surface area contributed by atoms with Gasteiger partial charge in [-0.2, -0.15) is 0 Å². The van der Waals surface area contributed by atoms with Crippen LogP contribution in [0.2, 0.25) is 0 Å². The molecule has 0 aromatic carbocycles. The third-order valence-corrected chi connectivity index (χ3v) is 6.49. The quantitative estimate of drug-likeness (QED) is 0.603. The van der Waals surface area contributed by atoms with E-state index in [0.29, 0.717) is 34.2 Å². The van der Waals surface area contributed by atoms with Gasteiger partial charge in [-0.05, 0) is 53.3 Å². The third-order valence-electron chi connectivity index (χ3n) is 6.49. The van der Waals surface area contributed by atoms with Crippen LogP contribution in [0, 0.1) is 27.6 Å². The van der Waals surface area contributed by atoms with Crippen LogP contribution in [0.4, 0.5) is 0 Å². The molecule has 1 N–H and O–H groups in total. The predicted molar refractivity (Wildman–Crippen MR) is 93.3 cm³/mol. The number of allylic oxidation sites excluding steroid dienone is 1. The van der Waals surface area contributed by atoms with E-state index in [4.69, 9.17) is 0 Å². The molecule has 2 rings (SSSR count). The van der Waals surface area contributed by atoms with Crippen LogP contribution in [0.5, 0.6) is 0 Å². The summed E-state index contributed by atoms with van der Waals surface area (Å²) in [6, 6.07) is 0. The van der Waals surface area contributed by atoms with Crippen LogP contribution in [0.3, 0.4) is 0 Å². The number of hydrogen-bond acceptors (Lipinski definition) is 1. The van der Waals surface area contributed by atoms with E-state index < -0.39 is 0 Å². The highest BCUT2D eigenvalue weighted by Gasteiger charge is 2.46. The zero-order chi connectivity index (χ0) is 16.7. The molecule has 0 saturated heterocycles. The summed E-state index contributed by atoms with van der Waals surface area (Å²) in [6.07, 6.45) is 5.12. The predicted octanol–water partition coefficient (Wildman–Crippen LogP) is 5.83. The minimum Gasteiger partial charge on any atom is -0.396 e. The molecule has 2 fully saturated rings. The second-order valence-corrected chi connectivity index (χ2v) is 9.96. The molecule has 0 spiro atoms. The van der Waals surface area contributed by atoms with Gasteiger partial charge in [-0.1, -0.05) is 67.5 Å². The molecular weight excluding hydrogens is 256 g/mol. The molecule has 21 heavy (non-hydrogen) atoms. The summed E-state index contributed by atoms with van der Waals surface area (Å²) >= 11 is 0. The highest BCUT2D eigenvalue weighted by Crippen LogP contribution is 2.53. The Kier molecular flexibility index (Phi) is 5.11. The molecule has 0 radical (unpaired) electrons. The van der Waals surface area contributed by atoms with Crippen molar-refractivity contribution in [3.63, 3.8) is 0 Å². The molecule has 1 nitrogen and oxygen atoms in total. The Morgan fingerprint density at radius 2 is 1.14 bits per heavy atom. The first kappa shape index (κ1) is 18.7. The molecule has 2 aliphatic carbocycles. The van der Waals surface area contributed by atoms with Crippen LogP contribution in [-0.4, -0.2) is 11.7 Å². The van der Waals surface area contributed by atoms with Crippen LogP contribution >= 0.6 is 0 Å². The molecule has 124 valence electrons. The zero-order valence-corrected chi connectivity index (χ0v) is 15.8. The van der Waals surface area contributed by atoms with Crippen molar-refractivity contribution in [2.45, 2.75) is 81.1 Å². The maximum Gasteiger partial charge on any atom is 0.0469 e. The molecular formula is C20H38O. The van der Waals surface area contributed by atoms with Crippen molar-refractivity contribution >= 4 is 0 Å². The minimum absolute atomic E-state index is 0.345. The Morgan fingerprint density at radius 1 is 0.810 bits per heavy atom. The number of aliphatic hydroxyl groups is 1. The van der Waals surface area contributed by atoms with E-state index in [1.54, 1.807) is 0 Å². The van der Waals surface area contributed by atoms with E-state index in [1.165, 1.54) is 31.3 Å². The normalized spacial score (nSPS) is 29.1. The maximum absolute atomic E-state index is 9.24. The second kappa shape index (κ2) is 5.72. The molecule has 0 atom stereocenters. The van der Waals surface area contributed by atoms with E-state index in [-0.39, 0.29) is 0 Å². The van der Waals surface area contributed by atoms with Crippen LogP contribution in [0.25, 0.3) is 0 Å². The maximum atomic E-state index is 9.24. The van der Waals surface area contributed by atoms with Crippen molar-refractivity contribution in [2.75, 3.05) is 6.61 Å². The summed E-state index contributed by atoms with van der Waals surface area (Å²) in [6.45, 7) is 22.8. The van der Waals surface area contributed by atoms with Gasteiger partial charge in [0.15, 0.2) is 0 Å². The minimum atomic E-state index is 0.345. The van der Waals surface area contributed by atoms with Gasteiger partial charge < -0.3 is 5.11 Å². The molecule has 0 amide bonds. The van der Waals surface area contributed by atoms with Gasteiger partial charge in [0, 0.05) is 6.61 Å². The van der Waals surface area contributed by atoms with Gasteiger partial charge in [-0.3, -0.25) is 0 Å². The molecule has 2 saturated carbocycles. The van der Waals surface area contributed by atoms with E-state index in [1.807, 2.05) is 0 Å². The highest BCUT2D eigenvalue weighted by atomic mass is 16.3. The number of hydrogen-bond donors (Lipinski definition) is 1. The topological polar surface area (TPSA) is 20.2 Å². The average molecular weight is 295 g/mol. The monoisotopic (exact) mass is 294 g/mol. The van der Waals surface area contributed by atoms with Crippen molar-refractivity contribution in [1.82, 2.24) is 0 Å². The van der Waals surface area contributed by atoms with Crippen molar-refractivity contribution in [1.29, 1.82) is 0 Å². The summed E-state index contributed by atoms with van der Waals surface area (Å²) < 4.78 is 0. The largest absolute Gasteiger partial charge is 0.396 e. The lowest BCUT2D eigenvalue weighted by molar-refractivity contribution is 0.0773. The molecule has 1 heteroatoms. The Balaban J connectivity index is 0.000000211. The molecule has 0 aromatic heterocycles. The van der Waals surface area contributed by atoms with Crippen LogP contribution < -0.4 is 0 Å². The summed E-state index contributed by atoms with van der Waals surface area (Å²) in [5.41, 5.74) is 2.91. The van der Waals surface area contributed by atoms with Crippen LogP contribution in [-0.2, 0) is 0 Å². The smallest absolute Gasteiger partial charge is 0.0469 e. The Labute approximate surface area is 133 Å². The van der Waals surface area contributed by atoms with E-state index >= 15 is 0 Å². The Bertz CT molecular complexity index is 351. The summed E-state index contributed by atoms with van der Waals surface area (Å²) in [5.74, 6) is 0.481. The fourth-order valence-electron chi connectivity index (χ4n) is 4.39. The molecule has 0 aromatic rings. The molecule has 2 aliphatic rings. The van der Waals surface area contributed by atoms with Gasteiger partial charge in [-0.15, -0.1) is 0 Å². The fraction of sp³-hybridized carbons (Fsp3) is 0.900. The molecule has 0 aliphatic heterocycles. The van der Waals surface area contributed by atoms with Gasteiger partial charge in [0.1, 0.15) is 0 Å². The lowest BCUT2D eigenvalue weighted by atomic mass is 9.73. The second-order valence-electron chi connectivity index (χ2n) is 9.96. The third kappa shape index (κ3) is 3.92. The summed E-state index contributed by atoms with van der Waals surface area (Å²) in [5, 5.41) is 9.24. The van der Waals surface area contributed by atoms with Gasteiger partial charge in [0.05, 0.1) is 0 Å². The Morgan fingerprint density at radius 3 is 1.29 bits per heavy atom. The van der Waals surface area contributed by atoms with Crippen molar-refractivity contribution in [3.8, 4) is 0 Å². The number of rotatable bonds is 1. The highest BCUT2D eigenvalue weighted by molar-refractivity contribution is 5.21. The summed E-state index contributed by atoms with van der Waals surface area (Å²) in [4.78, 5) is 0. The van der Waals surface area contributed by atoms with Gasteiger partial charge in [-0.25, -0.2) is 0 Å². The van der Waals surface area contributed by atoms with Crippen molar-refractivity contribution in [3.05, 3.63) is 12.2 Å². The molecule has 0 heterocycles. The SMILES string of the molecule is C=C1C(C)(C)CCC1(C)C.CC1(C)CCC(C)(C)C1CO. The van der Waals surface area contributed by atoms with E-state index in [9.17, 15) is 5.11 Å². The first-order chi connectivity index (χ1) is 9.26. The van der Waals surface area contributed by atoms with Crippen LogP contribution in [0.15, 0.2) is 12.2 Å². The van der Waals surface area contributed by atoms with Crippen molar-refractivity contribution < 1.29 is 5.11 Å². The van der Waals surface area contributed by atoms with E-state index in [2.05, 4.69) is 62.0 Å². The van der Waals surface area contributed by atoms with E-state index in [0.717, 1.165) is 0 Å². The standard InChI is InChI=1S/C10H20O.C10H18/c1-9(2)5-6-10(3,4)8(9)7-11;1-8-9(2,3)6-7-10(8,4)5/h8,11H,5-7H2,1-4H3;1,6-7H2,2-5H3.